The van der Waals surface area contributed by atoms with Crippen molar-refractivity contribution in [2.45, 2.75) is 53.5 Å². The van der Waals surface area contributed by atoms with Gasteiger partial charge in [0.05, 0.1) is 12.2 Å². The van der Waals surface area contributed by atoms with Gasteiger partial charge in [0, 0.05) is 24.8 Å². The minimum Gasteiger partial charge on any atom is -0.398 e. The molecule has 1 saturated heterocycles. The largest absolute Gasteiger partial charge is 0.398 e. The van der Waals surface area contributed by atoms with E-state index in [2.05, 4.69) is 18.8 Å². The zero-order chi connectivity index (χ0) is 14.9. The highest BCUT2D eigenvalue weighted by molar-refractivity contribution is 5.76. The van der Waals surface area contributed by atoms with Crippen molar-refractivity contribution in [1.82, 2.24) is 9.88 Å². The van der Waals surface area contributed by atoms with Gasteiger partial charge in [-0.2, -0.15) is 0 Å². The van der Waals surface area contributed by atoms with Crippen LogP contribution in [0.4, 0.5) is 5.69 Å². The summed E-state index contributed by atoms with van der Waals surface area (Å²) in [5, 5.41) is 0. The molecule has 4 heteroatoms. The third-order valence-electron chi connectivity index (χ3n) is 4.44. The summed E-state index contributed by atoms with van der Waals surface area (Å²) >= 11 is 0. The van der Waals surface area contributed by atoms with Gasteiger partial charge in [-0.05, 0) is 43.2 Å². The number of pyridine rings is 1. The van der Waals surface area contributed by atoms with Crippen LogP contribution in [0.2, 0.25) is 0 Å². The summed E-state index contributed by atoms with van der Waals surface area (Å²) in [5.41, 5.74) is 10.0. The fraction of sp³-hybridized carbons (Fsp3) is 0.625. The van der Waals surface area contributed by atoms with E-state index in [0.29, 0.717) is 13.0 Å². The zero-order valence-corrected chi connectivity index (χ0v) is 13.0. The molecule has 0 spiro atoms. The molecule has 0 aliphatic carbocycles. The molecule has 1 amide bonds. The van der Waals surface area contributed by atoms with Crippen molar-refractivity contribution >= 4 is 11.6 Å². The van der Waals surface area contributed by atoms with Gasteiger partial charge in [-0.1, -0.05) is 13.8 Å². The summed E-state index contributed by atoms with van der Waals surface area (Å²) in [6.07, 6.45) is 4.43. The number of amides is 1. The van der Waals surface area contributed by atoms with Gasteiger partial charge in [-0.3, -0.25) is 9.78 Å². The average molecular weight is 275 g/mol. The number of carbonyl (C=O) groups excluding carboxylic acids is 1. The summed E-state index contributed by atoms with van der Waals surface area (Å²) in [6, 6.07) is 0. The van der Waals surface area contributed by atoms with E-state index in [1.54, 1.807) is 6.20 Å². The lowest BCUT2D eigenvalue weighted by Crippen LogP contribution is -2.30. The number of nitrogens with two attached hydrogens (primary N) is 1. The summed E-state index contributed by atoms with van der Waals surface area (Å²) < 4.78 is 0. The topological polar surface area (TPSA) is 59.2 Å². The maximum absolute atomic E-state index is 12.2. The van der Waals surface area contributed by atoms with Crippen LogP contribution in [-0.2, 0) is 11.3 Å². The van der Waals surface area contributed by atoms with Crippen LogP contribution in [0, 0.1) is 19.3 Å². The van der Waals surface area contributed by atoms with E-state index < -0.39 is 0 Å². The normalized spacial score (nSPS) is 19.0. The highest BCUT2D eigenvalue weighted by Gasteiger charge is 2.27. The molecule has 1 aliphatic rings. The number of nitrogens with zero attached hydrogens (tertiary/aromatic N) is 2. The van der Waals surface area contributed by atoms with Gasteiger partial charge in [0.2, 0.25) is 5.91 Å². The summed E-state index contributed by atoms with van der Waals surface area (Å²) in [6.45, 7) is 9.79. The highest BCUT2D eigenvalue weighted by atomic mass is 16.2. The molecule has 0 unspecified atom stereocenters. The molecule has 0 aromatic carbocycles. The first-order valence-electron chi connectivity index (χ1n) is 7.28. The van der Waals surface area contributed by atoms with Crippen LogP contribution in [0.5, 0.6) is 0 Å². The van der Waals surface area contributed by atoms with Crippen LogP contribution in [0.3, 0.4) is 0 Å². The number of hydrogen-bond donors (Lipinski definition) is 1. The first-order valence-corrected chi connectivity index (χ1v) is 7.28. The molecule has 0 bridgehead atoms. The number of anilines is 1. The number of aromatic nitrogens is 1. The molecular weight excluding hydrogens is 250 g/mol. The molecule has 1 aliphatic heterocycles. The van der Waals surface area contributed by atoms with Gasteiger partial charge < -0.3 is 10.6 Å². The van der Waals surface area contributed by atoms with Crippen LogP contribution in [-0.4, -0.2) is 22.3 Å². The van der Waals surface area contributed by atoms with Gasteiger partial charge >= 0.3 is 0 Å². The van der Waals surface area contributed by atoms with Crippen molar-refractivity contribution in [2.24, 2.45) is 5.41 Å². The summed E-state index contributed by atoms with van der Waals surface area (Å²) in [4.78, 5) is 18.6. The standard InChI is InChI=1S/C16H25N3O/c1-11-9-18-13(12(2)15(11)17)10-19-8-7-16(3,4)6-5-14(19)20/h9H,5-8,10H2,1-4H3,(H2,17,18). The van der Waals surface area contributed by atoms with Gasteiger partial charge in [0.25, 0.3) is 0 Å². The van der Waals surface area contributed by atoms with Gasteiger partial charge in [0.1, 0.15) is 0 Å². The van der Waals surface area contributed by atoms with Crippen molar-refractivity contribution in [3.05, 3.63) is 23.0 Å². The van der Waals surface area contributed by atoms with Crippen LogP contribution in [0.15, 0.2) is 6.20 Å². The van der Waals surface area contributed by atoms with E-state index in [1.807, 2.05) is 18.7 Å². The maximum atomic E-state index is 12.2. The molecule has 0 saturated carbocycles. The van der Waals surface area contributed by atoms with E-state index in [9.17, 15) is 4.79 Å². The number of nitrogen functional groups attached to an aromatic ring is 1. The van der Waals surface area contributed by atoms with E-state index in [1.165, 1.54) is 0 Å². The van der Waals surface area contributed by atoms with Crippen LogP contribution in [0.25, 0.3) is 0 Å². The fourth-order valence-electron chi connectivity index (χ4n) is 2.59. The van der Waals surface area contributed by atoms with Gasteiger partial charge in [-0.25, -0.2) is 0 Å². The smallest absolute Gasteiger partial charge is 0.222 e. The Kier molecular flexibility index (Phi) is 4.02. The Morgan fingerprint density at radius 3 is 2.75 bits per heavy atom. The molecular formula is C16H25N3O. The Balaban J connectivity index is 2.17. The van der Waals surface area contributed by atoms with Crippen molar-refractivity contribution in [2.75, 3.05) is 12.3 Å². The van der Waals surface area contributed by atoms with Crippen molar-refractivity contribution in [3.63, 3.8) is 0 Å². The third-order valence-corrected chi connectivity index (χ3v) is 4.44. The Morgan fingerprint density at radius 1 is 1.35 bits per heavy atom. The van der Waals surface area contributed by atoms with Gasteiger partial charge in [0.15, 0.2) is 0 Å². The average Bonchev–Trinajstić information content (AvgIpc) is 2.52. The lowest BCUT2D eigenvalue weighted by molar-refractivity contribution is -0.131. The van der Waals surface area contributed by atoms with Crippen LogP contribution in [0.1, 0.15) is 49.9 Å². The van der Waals surface area contributed by atoms with Crippen molar-refractivity contribution in [3.8, 4) is 0 Å². The molecule has 2 rings (SSSR count). The van der Waals surface area contributed by atoms with E-state index >= 15 is 0 Å². The SMILES string of the molecule is Cc1cnc(CN2CCC(C)(C)CCC2=O)c(C)c1N. The van der Waals surface area contributed by atoms with E-state index in [-0.39, 0.29) is 11.3 Å². The highest BCUT2D eigenvalue weighted by Crippen LogP contribution is 2.31. The second-order valence-electron chi connectivity index (χ2n) is 6.66. The monoisotopic (exact) mass is 275 g/mol. The van der Waals surface area contributed by atoms with Crippen LogP contribution < -0.4 is 5.73 Å². The second kappa shape index (κ2) is 5.43. The quantitative estimate of drug-likeness (QED) is 0.903. The first kappa shape index (κ1) is 14.8. The minimum absolute atomic E-state index is 0.232. The molecule has 110 valence electrons. The Hall–Kier alpha value is -1.58. The number of rotatable bonds is 2. The zero-order valence-electron chi connectivity index (χ0n) is 13.0. The molecule has 1 fully saturated rings. The first-order chi connectivity index (χ1) is 9.30. The summed E-state index contributed by atoms with van der Waals surface area (Å²) in [5.74, 6) is 0.232. The lowest BCUT2D eigenvalue weighted by Gasteiger charge is -2.24. The molecule has 4 nitrogen and oxygen atoms in total. The van der Waals surface area contributed by atoms with Crippen molar-refractivity contribution < 1.29 is 4.79 Å². The molecule has 1 aromatic rings. The number of likely N-dealkylation sites (tertiary alicyclic amines) is 1. The Labute approximate surface area is 121 Å². The predicted octanol–water partition coefficient (Wildman–Crippen LogP) is 2.82. The third kappa shape index (κ3) is 3.11. The lowest BCUT2D eigenvalue weighted by atomic mass is 9.85. The van der Waals surface area contributed by atoms with E-state index in [4.69, 9.17) is 5.73 Å². The maximum Gasteiger partial charge on any atom is 0.222 e. The second-order valence-corrected chi connectivity index (χ2v) is 6.66. The minimum atomic E-state index is 0.232. The summed E-state index contributed by atoms with van der Waals surface area (Å²) in [7, 11) is 0. The molecule has 0 radical (unpaired) electrons. The Morgan fingerprint density at radius 2 is 2.05 bits per heavy atom. The molecule has 0 atom stereocenters. The van der Waals surface area contributed by atoms with E-state index in [0.717, 1.165) is 41.9 Å². The van der Waals surface area contributed by atoms with Crippen LogP contribution >= 0.6 is 0 Å². The molecule has 2 heterocycles. The molecule has 1 aromatic heterocycles. The fourth-order valence-corrected chi connectivity index (χ4v) is 2.59. The number of aryl methyl sites for hydroxylation is 1. The number of carbonyl (C=O) groups is 1. The molecule has 2 N–H and O–H groups in total. The van der Waals surface area contributed by atoms with Crippen molar-refractivity contribution in [1.29, 1.82) is 0 Å². The van der Waals surface area contributed by atoms with Gasteiger partial charge in [-0.15, -0.1) is 0 Å². The Bertz CT molecular complexity index is 523. The predicted molar refractivity (Wildman–Crippen MR) is 81.2 cm³/mol. The number of hydrogen-bond acceptors (Lipinski definition) is 3. The molecule has 20 heavy (non-hydrogen) atoms.